The zero-order chi connectivity index (χ0) is 8.97. The van der Waals surface area contributed by atoms with Crippen LogP contribution in [0.1, 0.15) is 12.8 Å². The second-order valence-corrected chi connectivity index (χ2v) is 3.11. The molecule has 1 aliphatic heterocycles. The van der Waals surface area contributed by atoms with Gasteiger partial charge in [0.1, 0.15) is 0 Å². The third-order valence-electron chi connectivity index (χ3n) is 2.16. The first-order valence-corrected chi connectivity index (χ1v) is 4.32. The molecule has 1 heterocycles. The summed E-state index contributed by atoms with van der Waals surface area (Å²) in [6.45, 7) is 1.02. The van der Waals surface area contributed by atoms with E-state index in [9.17, 15) is 9.90 Å². The number of hydrogen-bond acceptors (Lipinski definition) is 2. The molecule has 0 saturated carbocycles. The van der Waals surface area contributed by atoms with Crippen LogP contribution in [-0.2, 0) is 9.90 Å². The molecular formula is C8H15N2O2. The molecule has 0 aromatic carbocycles. The van der Waals surface area contributed by atoms with Gasteiger partial charge in [0.05, 0.1) is 12.6 Å². The van der Waals surface area contributed by atoms with E-state index in [1.165, 1.54) is 4.90 Å². The molecule has 0 aromatic heterocycles. The van der Waals surface area contributed by atoms with E-state index in [1.54, 1.807) is 7.05 Å². The minimum atomic E-state index is -0.213. The number of likely N-dealkylation sites (N-methyl/N-ethyl adjacent to an activating group) is 1. The van der Waals surface area contributed by atoms with Gasteiger partial charge in [0.15, 0.2) is 0 Å². The number of hydrogen-bond donors (Lipinski definition) is 1. The largest absolute Gasteiger partial charge is 0.342 e. The molecule has 1 atom stereocenters. The summed E-state index contributed by atoms with van der Waals surface area (Å²) in [5.74, 6) is 0.0587. The van der Waals surface area contributed by atoms with Crippen LogP contribution in [0.3, 0.4) is 0 Å². The number of amides is 1. The summed E-state index contributed by atoms with van der Waals surface area (Å²) in [5.41, 5.74) is 0. The van der Waals surface area contributed by atoms with E-state index in [0.29, 0.717) is 6.54 Å². The number of carbonyl (C=O) groups excluding carboxylic acids is 1. The van der Waals surface area contributed by atoms with Crippen LogP contribution in [0, 0.1) is 0 Å². The molecule has 0 bridgehead atoms. The van der Waals surface area contributed by atoms with Gasteiger partial charge in [0.2, 0.25) is 5.91 Å². The molecule has 0 aliphatic carbocycles. The number of rotatable bonds is 3. The molecule has 12 heavy (non-hydrogen) atoms. The molecule has 1 rings (SSSR count). The smallest absolute Gasteiger partial charge is 0.239 e. The van der Waals surface area contributed by atoms with Crippen LogP contribution < -0.4 is 5.32 Å². The highest BCUT2D eigenvalue weighted by Crippen LogP contribution is 2.07. The van der Waals surface area contributed by atoms with Crippen molar-refractivity contribution in [2.45, 2.75) is 18.9 Å². The van der Waals surface area contributed by atoms with Crippen LogP contribution >= 0.6 is 0 Å². The van der Waals surface area contributed by atoms with Crippen molar-refractivity contribution in [1.82, 2.24) is 10.2 Å². The fourth-order valence-corrected chi connectivity index (χ4v) is 1.41. The molecule has 1 saturated heterocycles. The van der Waals surface area contributed by atoms with Crippen LogP contribution in [0.5, 0.6) is 0 Å². The standard InChI is InChI=1S/C8H15N2O2/c1-10(5-6-11)8(12)7-3-2-4-9-7/h7,9H,2-6H2,1H3. The first-order valence-electron chi connectivity index (χ1n) is 4.32. The molecule has 0 spiro atoms. The van der Waals surface area contributed by atoms with Crippen molar-refractivity contribution in [1.29, 1.82) is 0 Å². The predicted octanol–water partition coefficient (Wildman–Crippen LogP) is -0.373. The molecule has 1 amide bonds. The van der Waals surface area contributed by atoms with Gasteiger partial charge in [0.25, 0.3) is 0 Å². The highest BCUT2D eigenvalue weighted by atomic mass is 16.3. The lowest BCUT2D eigenvalue weighted by Gasteiger charge is -2.19. The Bertz CT molecular complexity index is 155. The van der Waals surface area contributed by atoms with E-state index in [1.807, 2.05) is 0 Å². The van der Waals surface area contributed by atoms with Crippen molar-refractivity contribution in [3.63, 3.8) is 0 Å². The lowest BCUT2D eigenvalue weighted by molar-refractivity contribution is -0.132. The summed E-state index contributed by atoms with van der Waals surface area (Å²) in [6, 6.07) is -0.0402. The average Bonchev–Trinajstić information content (AvgIpc) is 2.55. The van der Waals surface area contributed by atoms with Gasteiger partial charge >= 0.3 is 0 Å². The minimum absolute atomic E-state index is 0.0402. The molecule has 1 radical (unpaired) electrons. The molecule has 1 aliphatic rings. The zero-order valence-corrected chi connectivity index (χ0v) is 7.38. The maximum absolute atomic E-state index is 11.5. The van der Waals surface area contributed by atoms with Crippen LogP contribution in [0.4, 0.5) is 0 Å². The Labute approximate surface area is 72.6 Å². The first kappa shape index (κ1) is 9.48. The van der Waals surface area contributed by atoms with Crippen LogP contribution in [0.2, 0.25) is 0 Å². The first-order chi connectivity index (χ1) is 5.75. The zero-order valence-electron chi connectivity index (χ0n) is 7.38. The van der Waals surface area contributed by atoms with E-state index in [4.69, 9.17) is 0 Å². The lowest BCUT2D eigenvalue weighted by Crippen LogP contribution is -2.42. The molecule has 4 heteroatoms. The second-order valence-electron chi connectivity index (χ2n) is 3.11. The van der Waals surface area contributed by atoms with E-state index in [0.717, 1.165) is 19.4 Å². The summed E-state index contributed by atoms with van der Waals surface area (Å²) < 4.78 is 0. The topological polar surface area (TPSA) is 52.2 Å². The maximum Gasteiger partial charge on any atom is 0.239 e. The summed E-state index contributed by atoms with van der Waals surface area (Å²) in [6.07, 6.45) is 1.96. The van der Waals surface area contributed by atoms with Crippen LogP contribution in [-0.4, -0.2) is 43.6 Å². The SMILES string of the molecule is CN(CC[O])C(=O)C1CCCN1. The number of carbonyl (C=O) groups is 1. The Morgan fingerprint density at radius 3 is 2.92 bits per heavy atom. The van der Waals surface area contributed by atoms with E-state index >= 15 is 0 Å². The van der Waals surface area contributed by atoms with Gasteiger partial charge < -0.3 is 10.2 Å². The predicted molar refractivity (Wildman–Crippen MR) is 44.2 cm³/mol. The Hall–Kier alpha value is -0.610. The van der Waals surface area contributed by atoms with Crippen LogP contribution in [0.25, 0.3) is 0 Å². The van der Waals surface area contributed by atoms with Crippen molar-refractivity contribution >= 4 is 5.91 Å². The molecule has 1 unspecified atom stereocenters. The summed E-state index contributed by atoms with van der Waals surface area (Å²) in [4.78, 5) is 13.0. The number of nitrogens with one attached hydrogen (secondary N) is 1. The minimum Gasteiger partial charge on any atom is -0.342 e. The lowest BCUT2D eigenvalue weighted by atomic mass is 10.2. The van der Waals surface area contributed by atoms with Gasteiger partial charge in [-0.1, -0.05) is 0 Å². The van der Waals surface area contributed by atoms with Gasteiger partial charge in [-0.15, -0.1) is 0 Å². The molecule has 1 fully saturated rings. The fraction of sp³-hybridized carbons (Fsp3) is 0.875. The van der Waals surface area contributed by atoms with Crippen molar-refractivity contribution in [3.8, 4) is 0 Å². The van der Waals surface area contributed by atoms with E-state index in [-0.39, 0.29) is 18.6 Å². The van der Waals surface area contributed by atoms with Gasteiger partial charge in [-0.25, -0.2) is 5.11 Å². The van der Waals surface area contributed by atoms with E-state index in [2.05, 4.69) is 5.32 Å². The Morgan fingerprint density at radius 2 is 2.42 bits per heavy atom. The summed E-state index contributed by atoms with van der Waals surface area (Å²) in [7, 11) is 1.68. The van der Waals surface area contributed by atoms with Crippen molar-refractivity contribution in [2.75, 3.05) is 26.7 Å². The molecule has 1 N–H and O–H groups in total. The fourth-order valence-electron chi connectivity index (χ4n) is 1.41. The van der Waals surface area contributed by atoms with Crippen molar-refractivity contribution in [2.24, 2.45) is 0 Å². The quantitative estimate of drug-likeness (QED) is 0.629. The van der Waals surface area contributed by atoms with Gasteiger partial charge in [-0.2, -0.15) is 0 Å². The van der Waals surface area contributed by atoms with E-state index < -0.39 is 0 Å². The summed E-state index contributed by atoms with van der Waals surface area (Å²) in [5, 5.41) is 13.3. The highest BCUT2D eigenvalue weighted by Gasteiger charge is 2.24. The maximum atomic E-state index is 11.5. The normalized spacial score (nSPS) is 22.7. The third-order valence-corrected chi connectivity index (χ3v) is 2.16. The monoisotopic (exact) mass is 171 g/mol. The Balaban J connectivity index is 2.34. The molecular weight excluding hydrogens is 156 g/mol. The van der Waals surface area contributed by atoms with Gasteiger partial charge in [-0.3, -0.25) is 4.79 Å². The van der Waals surface area contributed by atoms with Crippen molar-refractivity contribution < 1.29 is 9.90 Å². The third kappa shape index (κ3) is 2.19. The van der Waals surface area contributed by atoms with Gasteiger partial charge in [0, 0.05) is 13.6 Å². The Morgan fingerprint density at radius 1 is 1.67 bits per heavy atom. The second kappa shape index (κ2) is 4.42. The van der Waals surface area contributed by atoms with Crippen LogP contribution in [0.15, 0.2) is 0 Å². The number of nitrogens with zero attached hydrogens (tertiary/aromatic N) is 1. The van der Waals surface area contributed by atoms with Crippen molar-refractivity contribution in [3.05, 3.63) is 0 Å². The van der Waals surface area contributed by atoms with Gasteiger partial charge in [-0.05, 0) is 19.4 Å². The molecule has 69 valence electrons. The Kier molecular flexibility index (Phi) is 3.49. The average molecular weight is 171 g/mol. The molecule has 0 aromatic rings. The highest BCUT2D eigenvalue weighted by molar-refractivity contribution is 5.81. The summed E-state index contributed by atoms with van der Waals surface area (Å²) >= 11 is 0. The molecule has 4 nitrogen and oxygen atoms in total.